The third kappa shape index (κ3) is 19.9. The first kappa shape index (κ1) is 31.1. The average molecular weight is 486 g/mol. The second kappa shape index (κ2) is 17.5. The monoisotopic (exact) mass is 483 g/mol. The van der Waals surface area contributed by atoms with Crippen molar-refractivity contribution in [1.29, 1.82) is 0 Å². The molecule has 0 aliphatic carbocycles. The van der Waals surface area contributed by atoms with E-state index in [2.05, 4.69) is 110 Å². The number of halogens is 2. The van der Waals surface area contributed by atoms with Gasteiger partial charge in [-0.05, 0) is 0 Å². The van der Waals surface area contributed by atoms with Crippen molar-refractivity contribution in [1.82, 2.24) is 0 Å². The van der Waals surface area contributed by atoms with Crippen LogP contribution in [0.4, 0.5) is 0 Å². The van der Waals surface area contributed by atoms with Crippen LogP contribution in [-0.2, 0) is 24.2 Å². The van der Waals surface area contributed by atoms with Crippen LogP contribution in [0, 0.1) is 41.5 Å². The van der Waals surface area contributed by atoms with E-state index in [4.69, 9.17) is 0 Å². The summed E-state index contributed by atoms with van der Waals surface area (Å²) in [5.74, 6) is 0. The van der Waals surface area contributed by atoms with Crippen LogP contribution in [0.15, 0.2) is 54.6 Å². The molecule has 0 spiro atoms. The van der Waals surface area contributed by atoms with E-state index >= 15 is 0 Å². The molecule has 0 aliphatic heterocycles. The molecule has 0 unspecified atom stereocenters. The summed E-state index contributed by atoms with van der Waals surface area (Å²) in [4.78, 5) is 0. The molecule has 0 radical (unpaired) electrons. The molecule has 3 heteroatoms. The molecule has 3 rings (SSSR count). The third-order valence-corrected chi connectivity index (χ3v) is 3.19. The van der Waals surface area contributed by atoms with E-state index in [1.165, 1.54) is 36.6 Å². The van der Waals surface area contributed by atoms with Crippen LogP contribution in [0.5, 0.6) is 0 Å². The minimum Gasteiger partial charge on any atom is -0.208 e. The fourth-order valence-corrected chi connectivity index (χ4v) is 2.15. The summed E-state index contributed by atoms with van der Waals surface area (Å²) in [5.41, 5.74) is 8.15. The first-order chi connectivity index (χ1) is 11.6. The molecule has 0 atom stereocenters. The van der Waals surface area contributed by atoms with Crippen molar-refractivity contribution in [2.45, 2.75) is 55.4 Å². The smallest absolute Gasteiger partial charge is 0.0635 e. The summed E-state index contributed by atoms with van der Waals surface area (Å²) < 4.78 is 1.51. The average Bonchev–Trinajstić information content (AvgIpc) is 3.15. The largest absolute Gasteiger partial charge is 0.208 e. The van der Waals surface area contributed by atoms with Crippen LogP contribution < -0.4 is 0 Å². The quantitative estimate of drug-likeness (QED) is 0.287. The van der Waals surface area contributed by atoms with Crippen molar-refractivity contribution >= 4 is 28.0 Å². The Balaban J connectivity index is -0.000000283. The summed E-state index contributed by atoms with van der Waals surface area (Å²) in [6.07, 6.45) is 0. The van der Waals surface area contributed by atoms with Gasteiger partial charge in [0, 0.05) is 0 Å². The van der Waals surface area contributed by atoms with E-state index < -0.39 is 0 Å². The Hall–Kier alpha value is -0.617. The second-order valence-electron chi connectivity index (χ2n) is 6.90. The molecule has 0 nitrogen and oxygen atoms in total. The SMILES string of the molecule is C[C](C)=[Zr].Cc1c[cH-]c(C)c1.Cc1c[cH-]c(C)c1.Cc1c[cH-]c(C)c1.Cl.Cl. The van der Waals surface area contributed by atoms with E-state index in [-0.39, 0.29) is 24.8 Å². The van der Waals surface area contributed by atoms with Gasteiger partial charge in [-0.15, -0.1) is 24.8 Å². The Morgan fingerprint density at radius 1 is 0.593 bits per heavy atom. The molecule has 0 amide bonds. The normalized spacial score (nSPS) is 8.26. The Morgan fingerprint density at radius 3 is 0.815 bits per heavy atom. The Labute approximate surface area is 194 Å². The minimum atomic E-state index is 0. The molecule has 0 aliphatic rings. The molecule has 27 heavy (non-hydrogen) atoms. The molecular formula is C24H35Cl2Zr-3. The van der Waals surface area contributed by atoms with Gasteiger partial charge in [0.1, 0.15) is 0 Å². The molecule has 0 heterocycles. The fourth-order valence-electron chi connectivity index (χ4n) is 2.15. The predicted octanol–water partition coefficient (Wildman–Crippen LogP) is 7.66. The van der Waals surface area contributed by atoms with Gasteiger partial charge in [-0.25, -0.2) is 34.9 Å². The van der Waals surface area contributed by atoms with E-state index in [0.29, 0.717) is 0 Å². The number of rotatable bonds is 0. The molecule has 3 aromatic carbocycles. The van der Waals surface area contributed by atoms with E-state index in [1.54, 1.807) is 24.2 Å². The molecule has 0 fully saturated rings. The van der Waals surface area contributed by atoms with Gasteiger partial charge >= 0.3 is 41.3 Å². The van der Waals surface area contributed by atoms with Gasteiger partial charge in [-0.1, -0.05) is 41.5 Å². The van der Waals surface area contributed by atoms with Crippen molar-refractivity contribution < 1.29 is 24.2 Å². The van der Waals surface area contributed by atoms with E-state index in [1.807, 2.05) is 0 Å². The maximum Gasteiger partial charge on any atom is -0.0635 e. The first-order valence-corrected chi connectivity index (χ1v) is 9.94. The molecule has 0 bridgehead atoms. The summed E-state index contributed by atoms with van der Waals surface area (Å²) >= 11 is 1.55. The van der Waals surface area contributed by atoms with E-state index in [0.717, 1.165) is 0 Å². The molecule has 0 saturated carbocycles. The minimum absolute atomic E-state index is 0. The summed E-state index contributed by atoms with van der Waals surface area (Å²) in [5, 5.41) is 0. The second-order valence-corrected chi connectivity index (χ2v) is 9.36. The van der Waals surface area contributed by atoms with Gasteiger partial charge in [-0.2, -0.15) is 53.1 Å². The Bertz CT molecular complexity index is 585. The van der Waals surface area contributed by atoms with E-state index in [9.17, 15) is 0 Å². The number of aryl methyl sites for hydroxylation is 6. The molecule has 3 aromatic rings. The van der Waals surface area contributed by atoms with Crippen LogP contribution in [0.1, 0.15) is 47.2 Å². The molecular weight excluding hydrogens is 450 g/mol. The summed E-state index contributed by atoms with van der Waals surface area (Å²) in [6, 6.07) is 19.2. The van der Waals surface area contributed by atoms with Crippen molar-refractivity contribution in [3.05, 3.63) is 88.0 Å². The van der Waals surface area contributed by atoms with Crippen LogP contribution in [0.25, 0.3) is 0 Å². The van der Waals surface area contributed by atoms with Gasteiger partial charge in [0.25, 0.3) is 0 Å². The van der Waals surface area contributed by atoms with Gasteiger partial charge in [0.15, 0.2) is 0 Å². The summed E-state index contributed by atoms with van der Waals surface area (Å²) in [7, 11) is 0. The first-order valence-electron chi connectivity index (χ1n) is 8.71. The standard InChI is InChI=1S/3C7H9.C3H6.2ClH.Zr/c3*1-6-3-4-7(2)5-6;1-3-2;;;/h3*3-5H,1-2H3;1-2H3;2*1H;/q3*-1;;;;. The van der Waals surface area contributed by atoms with Gasteiger partial charge in [0.05, 0.1) is 0 Å². The zero-order chi connectivity index (χ0) is 19.4. The Morgan fingerprint density at radius 2 is 0.778 bits per heavy atom. The number of hydrogen-bond acceptors (Lipinski definition) is 0. The third-order valence-electron chi connectivity index (χ3n) is 3.19. The molecule has 152 valence electrons. The molecule has 0 saturated heterocycles. The van der Waals surface area contributed by atoms with Gasteiger partial charge < -0.3 is 0 Å². The zero-order valence-electron chi connectivity index (χ0n) is 18.0. The maximum atomic E-state index is 2.17. The summed E-state index contributed by atoms with van der Waals surface area (Å²) in [6.45, 7) is 16.9. The van der Waals surface area contributed by atoms with Crippen LogP contribution in [0.2, 0.25) is 0 Å². The van der Waals surface area contributed by atoms with Gasteiger partial charge in [-0.3, -0.25) is 0 Å². The number of hydrogen-bond donors (Lipinski definition) is 0. The topological polar surface area (TPSA) is 0 Å². The molecule has 0 N–H and O–H groups in total. The fraction of sp³-hybridized carbons (Fsp3) is 0.333. The zero-order valence-corrected chi connectivity index (χ0v) is 22.1. The van der Waals surface area contributed by atoms with Crippen LogP contribution in [-0.4, -0.2) is 3.21 Å². The Kier molecular flexibility index (Phi) is 20.1. The molecule has 0 aromatic heterocycles. The van der Waals surface area contributed by atoms with Crippen molar-refractivity contribution in [3.8, 4) is 0 Å². The van der Waals surface area contributed by atoms with Crippen LogP contribution in [0.3, 0.4) is 0 Å². The van der Waals surface area contributed by atoms with Crippen molar-refractivity contribution in [3.63, 3.8) is 0 Å². The van der Waals surface area contributed by atoms with Crippen molar-refractivity contribution in [2.75, 3.05) is 0 Å². The van der Waals surface area contributed by atoms with Crippen LogP contribution >= 0.6 is 24.8 Å². The predicted molar refractivity (Wildman–Crippen MR) is 125 cm³/mol. The van der Waals surface area contributed by atoms with Crippen molar-refractivity contribution in [2.24, 2.45) is 0 Å². The maximum absolute atomic E-state index is 2.17. The van der Waals surface area contributed by atoms with Gasteiger partial charge in [0.2, 0.25) is 0 Å².